The first kappa shape index (κ1) is 7.55. The second kappa shape index (κ2) is 3.11. The van der Waals surface area contributed by atoms with Crippen LogP contribution in [0.15, 0.2) is 36.5 Å². The molecule has 0 spiro atoms. The van der Waals surface area contributed by atoms with Crippen LogP contribution in [-0.2, 0) is 0 Å². The molecule has 0 bridgehead atoms. The number of rotatable bonds is 1. The summed E-state index contributed by atoms with van der Waals surface area (Å²) >= 11 is 3.15. The molecular formula is C9H7BrN2. The molecule has 1 heterocycles. The van der Waals surface area contributed by atoms with E-state index < -0.39 is 0 Å². The highest BCUT2D eigenvalue weighted by molar-refractivity contribution is 9.10. The van der Waals surface area contributed by atoms with Gasteiger partial charge in [0.05, 0.1) is 17.4 Å². The number of para-hydroxylation sites is 1. The molecule has 0 unspecified atom stereocenters. The Kier molecular flexibility index (Phi) is 1.96. The average Bonchev–Trinajstić information content (AvgIpc) is 2.17. The molecule has 0 aliphatic rings. The van der Waals surface area contributed by atoms with Crippen LogP contribution >= 0.6 is 16.1 Å². The molecule has 0 saturated heterocycles. The van der Waals surface area contributed by atoms with E-state index in [2.05, 4.69) is 25.5 Å². The molecule has 60 valence electrons. The number of aromatic nitrogens is 1. The first-order valence-corrected chi connectivity index (χ1v) is 4.41. The van der Waals surface area contributed by atoms with Crippen LogP contribution in [0.5, 0.6) is 0 Å². The number of nitrogens with zero attached hydrogens (tertiary/aromatic N) is 1. The summed E-state index contributed by atoms with van der Waals surface area (Å²) in [4.78, 5) is 4.26. The van der Waals surface area contributed by atoms with Gasteiger partial charge >= 0.3 is 0 Å². The Morgan fingerprint density at radius 1 is 1.25 bits per heavy atom. The van der Waals surface area contributed by atoms with Crippen molar-refractivity contribution in [2.75, 3.05) is 4.34 Å². The topological polar surface area (TPSA) is 24.9 Å². The van der Waals surface area contributed by atoms with Crippen molar-refractivity contribution in [2.45, 2.75) is 0 Å². The molecule has 2 aromatic rings. The molecule has 0 aliphatic carbocycles. The molecule has 0 fully saturated rings. The third-order valence-electron chi connectivity index (χ3n) is 1.70. The van der Waals surface area contributed by atoms with Crippen molar-refractivity contribution in [1.82, 2.24) is 4.98 Å². The maximum absolute atomic E-state index is 4.26. The summed E-state index contributed by atoms with van der Waals surface area (Å²) in [6, 6.07) is 10.1. The van der Waals surface area contributed by atoms with E-state index in [0.29, 0.717) is 0 Å². The second-order valence-electron chi connectivity index (χ2n) is 2.51. The number of hydrogen-bond acceptors (Lipinski definition) is 2. The normalized spacial score (nSPS) is 10.1. The highest BCUT2D eigenvalue weighted by Crippen LogP contribution is 2.16. The van der Waals surface area contributed by atoms with Crippen LogP contribution in [0.2, 0.25) is 0 Å². The molecule has 0 aliphatic heterocycles. The number of anilines is 1. The van der Waals surface area contributed by atoms with Crippen LogP contribution in [0.4, 0.5) is 5.69 Å². The summed E-state index contributed by atoms with van der Waals surface area (Å²) in [5.41, 5.74) is 1.98. The van der Waals surface area contributed by atoms with Gasteiger partial charge in [-0.1, -0.05) is 18.2 Å². The van der Waals surface area contributed by atoms with Gasteiger partial charge in [0, 0.05) is 21.5 Å². The molecule has 3 heteroatoms. The Balaban J connectivity index is 2.67. The molecule has 0 atom stereocenters. The van der Waals surface area contributed by atoms with Crippen LogP contribution in [0.1, 0.15) is 0 Å². The van der Waals surface area contributed by atoms with Gasteiger partial charge in [0.1, 0.15) is 0 Å². The predicted octanol–water partition coefficient (Wildman–Crippen LogP) is 2.96. The van der Waals surface area contributed by atoms with Gasteiger partial charge in [0.15, 0.2) is 0 Å². The van der Waals surface area contributed by atoms with E-state index in [4.69, 9.17) is 0 Å². The molecule has 2 rings (SSSR count). The van der Waals surface area contributed by atoms with Gasteiger partial charge in [-0.25, -0.2) is 0 Å². The van der Waals surface area contributed by atoms with E-state index in [9.17, 15) is 0 Å². The Morgan fingerprint density at radius 3 is 2.92 bits per heavy atom. The van der Waals surface area contributed by atoms with Crippen molar-refractivity contribution in [3.63, 3.8) is 0 Å². The maximum Gasteiger partial charge on any atom is 0.0703 e. The van der Waals surface area contributed by atoms with Crippen molar-refractivity contribution in [1.29, 1.82) is 0 Å². The first-order valence-electron chi connectivity index (χ1n) is 3.61. The summed E-state index contributed by atoms with van der Waals surface area (Å²) in [5.74, 6) is 0. The lowest BCUT2D eigenvalue weighted by atomic mass is 10.2. The van der Waals surface area contributed by atoms with Gasteiger partial charge in [0.25, 0.3) is 0 Å². The zero-order valence-corrected chi connectivity index (χ0v) is 7.88. The average molecular weight is 223 g/mol. The Hall–Kier alpha value is -1.09. The van der Waals surface area contributed by atoms with Crippen LogP contribution in [0.25, 0.3) is 10.9 Å². The molecule has 2 nitrogen and oxygen atoms in total. The van der Waals surface area contributed by atoms with Gasteiger partial charge < -0.3 is 4.34 Å². The summed E-state index contributed by atoms with van der Waals surface area (Å²) in [5, 5.41) is 1.14. The van der Waals surface area contributed by atoms with Crippen LogP contribution in [0, 0.1) is 0 Å². The third-order valence-corrected chi connectivity index (χ3v) is 2.16. The number of fused-ring (bicyclic) bond motifs is 1. The van der Waals surface area contributed by atoms with Crippen molar-refractivity contribution in [2.24, 2.45) is 0 Å². The van der Waals surface area contributed by atoms with Gasteiger partial charge in [-0.3, -0.25) is 4.98 Å². The highest BCUT2D eigenvalue weighted by atomic mass is 79.9. The standard InChI is InChI=1S/C9H7BrN2/c10-12-8-5-7-3-1-2-4-9(7)11-6-8/h1-6,12H. The monoisotopic (exact) mass is 222 g/mol. The number of hydrogen-bond donors (Lipinski definition) is 1. The van der Waals surface area contributed by atoms with E-state index >= 15 is 0 Å². The Morgan fingerprint density at radius 2 is 2.08 bits per heavy atom. The number of benzene rings is 1. The van der Waals surface area contributed by atoms with Crippen molar-refractivity contribution in [3.05, 3.63) is 36.5 Å². The molecule has 1 aromatic heterocycles. The quantitative estimate of drug-likeness (QED) is 0.751. The zero-order valence-electron chi connectivity index (χ0n) is 6.29. The molecule has 1 N–H and O–H groups in total. The summed E-state index contributed by atoms with van der Waals surface area (Å²) in [7, 11) is 0. The molecule has 12 heavy (non-hydrogen) atoms. The lowest BCUT2D eigenvalue weighted by Crippen LogP contribution is -1.82. The van der Waals surface area contributed by atoms with E-state index in [1.807, 2.05) is 30.3 Å². The lowest BCUT2D eigenvalue weighted by molar-refractivity contribution is 1.42. The van der Waals surface area contributed by atoms with E-state index in [1.54, 1.807) is 6.20 Å². The largest absolute Gasteiger partial charge is 0.321 e. The smallest absolute Gasteiger partial charge is 0.0703 e. The van der Waals surface area contributed by atoms with Gasteiger partial charge in [-0.15, -0.1) is 0 Å². The van der Waals surface area contributed by atoms with Crippen LogP contribution < -0.4 is 4.34 Å². The first-order chi connectivity index (χ1) is 5.90. The van der Waals surface area contributed by atoms with Crippen LogP contribution in [0.3, 0.4) is 0 Å². The van der Waals surface area contributed by atoms with Gasteiger partial charge in [-0.2, -0.15) is 0 Å². The fraction of sp³-hybridized carbons (Fsp3) is 0. The number of nitrogens with one attached hydrogen (secondary N) is 1. The Bertz CT molecular complexity index is 400. The maximum atomic E-state index is 4.26. The molecular weight excluding hydrogens is 216 g/mol. The van der Waals surface area contributed by atoms with E-state index in [-0.39, 0.29) is 0 Å². The summed E-state index contributed by atoms with van der Waals surface area (Å²) < 4.78 is 2.87. The molecule has 1 aromatic carbocycles. The number of pyridine rings is 1. The minimum Gasteiger partial charge on any atom is -0.321 e. The van der Waals surface area contributed by atoms with Crippen molar-refractivity contribution in [3.8, 4) is 0 Å². The Labute approximate surface area is 79.0 Å². The van der Waals surface area contributed by atoms with Crippen molar-refractivity contribution < 1.29 is 0 Å². The molecule has 0 radical (unpaired) electrons. The lowest BCUT2D eigenvalue weighted by Gasteiger charge is -1.99. The van der Waals surface area contributed by atoms with Crippen LogP contribution in [-0.4, -0.2) is 4.98 Å². The zero-order chi connectivity index (χ0) is 8.39. The number of halogens is 1. The fourth-order valence-electron chi connectivity index (χ4n) is 1.12. The molecule has 0 saturated carbocycles. The fourth-order valence-corrected chi connectivity index (χ4v) is 1.34. The van der Waals surface area contributed by atoms with E-state index in [0.717, 1.165) is 16.6 Å². The second-order valence-corrected chi connectivity index (χ2v) is 2.91. The summed E-state index contributed by atoms with van der Waals surface area (Å²) in [6.07, 6.45) is 1.79. The third kappa shape index (κ3) is 1.28. The minimum atomic E-state index is 0.966. The highest BCUT2D eigenvalue weighted by Gasteiger charge is 1.93. The van der Waals surface area contributed by atoms with Gasteiger partial charge in [0.2, 0.25) is 0 Å². The predicted molar refractivity (Wildman–Crippen MR) is 54.3 cm³/mol. The SMILES string of the molecule is BrNc1cnc2ccccc2c1. The molecule has 0 amide bonds. The van der Waals surface area contributed by atoms with Crippen molar-refractivity contribution >= 4 is 32.7 Å². The van der Waals surface area contributed by atoms with Gasteiger partial charge in [-0.05, 0) is 12.1 Å². The minimum absolute atomic E-state index is 0.966. The van der Waals surface area contributed by atoms with E-state index in [1.165, 1.54) is 0 Å². The summed E-state index contributed by atoms with van der Waals surface area (Å²) in [6.45, 7) is 0.